The number of aryl methyl sites for hydroxylation is 1. The van der Waals surface area contributed by atoms with E-state index in [4.69, 9.17) is 5.73 Å². The van der Waals surface area contributed by atoms with Crippen LogP contribution in [0.3, 0.4) is 0 Å². The molecule has 3 nitrogen and oxygen atoms in total. The van der Waals surface area contributed by atoms with Crippen molar-refractivity contribution in [2.75, 3.05) is 6.54 Å². The van der Waals surface area contributed by atoms with Crippen molar-refractivity contribution < 1.29 is 9.18 Å². The molecule has 1 amide bonds. The van der Waals surface area contributed by atoms with Crippen LogP contribution in [0.1, 0.15) is 31.7 Å². The number of nitrogens with zero attached hydrogens (tertiary/aromatic N) is 1. The van der Waals surface area contributed by atoms with Gasteiger partial charge in [-0.25, -0.2) is 4.39 Å². The van der Waals surface area contributed by atoms with E-state index in [1.165, 1.54) is 6.07 Å². The molecule has 110 valence electrons. The minimum Gasteiger partial charge on any atom is -0.340 e. The smallest absolute Gasteiger partial charge is 0.223 e. The molecule has 0 aromatic heterocycles. The first-order valence-electron chi connectivity index (χ1n) is 6.96. The van der Waals surface area contributed by atoms with Crippen LogP contribution in [-0.4, -0.2) is 29.4 Å². The normalized spacial score (nSPS) is 22.9. The molecule has 1 aliphatic heterocycles. The molecule has 1 aliphatic rings. The van der Waals surface area contributed by atoms with Crippen LogP contribution in [0.5, 0.6) is 0 Å². The molecule has 0 bridgehead atoms. The molecule has 0 spiro atoms. The SMILES string of the molecule is C[C@@H]1C[C@@H](N)CCN1C(=O)CCc1ccc(Br)cc1F. The van der Waals surface area contributed by atoms with Crippen molar-refractivity contribution in [3.05, 3.63) is 34.1 Å². The van der Waals surface area contributed by atoms with Gasteiger partial charge in [0.05, 0.1) is 0 Å². The summed E-state index contributed by atoms with van der Waals surface area (Å²) in [6, 6.07) is 5.33. The molecular formula is C15H20BrFN2O. The zero-order chi connectivity index (χ0) is 14.7. The topological polar surface area (TPSA) is 46.3 Å². The van der Waals surface area contributed by atoms with Gasteiger partial charge in [0, 0.05) is 29.5 Å². The van der Waals surface area contributed by atoms with Gasteiger partial charge >= 0.3 is 0 Å². The van der Waals surface area contributed by atoms with Crippen molar-refractivity contribution in [1.82, 2.24) is 4.90 Å². The van der Waals surface area contributed by atoms with Gasteiger partial charge in [0.1, 0.15) is 5.82 Å². The first kappa shape index (κ1) is 15.4. The molecule has 1 fully saturated rings. The number of nitrogens with two attached hydrogens (primary N) is 1. The lowest BCUT2D eigenvalue weighted by Crippen LogP contribution is -2.48. The summed E-state index contributed by atoms with van der Waals surface area (Å²) in [5.41, 5.74) is 6.48. The third-order valence-corrected chi connectivity index (χ3v) is 4.35. The monoisotopic (exact) mass is 342 g/mol. The van der Waals surface area contributed by atoms with Gasteiger partial charge in [0.25, 0.3) is 0 Å². The van der Waals surface area contributed by atoms with E-state index in [9.17, 15) is 9.18 Å². The number of halogens is 2. The van der Waals surface area contributed by atoms with E-state index in [1.807, 2.05) is 11.8 Å². The molecule has 0 aliphatic carbocycles. The van der Waals surface area contributed by atoms with Crippen LogP contribution in [0, 0.1) is 5.82 Å². The van der Waals surface area contributed by atoms with Crippen molar-refractivity contribution in [3.8, 4) is 0 Å². The maximum atomic E-state index is 13.7. The predicted octanol–water partition coefficient (Wildman–Crippen LogP) is 2.86. The Morgan fingerprint density at radius 2 is 2.30 bits per heavy atom. The van der Waals surface area contributed by atoms with E-state index in [0.717, 1.165) is 12.8 Å². The number of likely N-dealkylation sites (tertiary alicyclic amines) is 1. The summed E-state index contributed by atoms with van der Waals surface area (Å²) in [6.45, 7) is 2.74. The average Bonchev–Trinajstić information content (AvgIpc) is 2.37. The van der Waals surface area contributed by atoms with Gasteiger partial charge in [0.15, 0.2) is 0 Å². The van der Waals surface area contributed by atoms with Crippen LogP contribution in [0.15, 0.2) is 22.7 Å². The third kappa shape index (κ3) is 3.79. The maximum Gasteiger partial charge on any atom is 0.223 e. The fraction of sp³-hybridized carbons (Fsp3) is 0.533. The van der Waals surface area contributed by atoms with Crippen LogP contribution < -0.4 is 5.73 Å². The summed E-state index contributed by atoms with van der Waals surface area (Å²) in [5, 5.41) is 0. The lowest BCUT2D eigenvalue weighted by Gasteiger charge is -2.36. The molecule has 1 heterocycles. The highest BCUT2D eigenvalue weighted by Crippen LogP contribution is 2.19. The fourth-order valence-corrected chi connectivity index (χ4v) is 3.02. The predicted molar refractivity (Wildman–Crippen MR) is 80.8 cm³/mol. The summed E-state index contributed by atoms with van der Waals surface area (Å²) in [4.78, 5) is 14.1. The molecule has 1 aromatic carbocycles. The molecule has 20 heavy (non-hydrogen) atoms. The molecule has 0 radical (unpaired) electrons. The van der Waals surface area contributed by atoms with Crippen molar-refractivity contribution in [2.24, 2.45) is 5.73 Å². The highest BCUT2D eigenvalue weighted by molar-refractivity contribution is 9.10. The number of carbonyl (C=O) groups excluding carboxylic acids is 1. The number of hydrogen-bond donors (Lipinski definition) is 1. The van der Waals surface area contributed by atoms with Crippen LogP contribution in [0.4, 0.5) is 4.39 Å². The van der Waals surface area contributed by atoms with E-state index in [0.29, 0.717) is 29.4 Å². The van der Waals surface area contributed by atoms with Crippen molar-refractivity contribution in [1.29, 1.82) is 0 Å². The molecule has 1 saturated heterocycles. The fourth-order valence-electron chi connectivity index (χ4n) is 2.69. The first-order valence-corrected chi connectivity index (χ1v) is 7.75. The largest absolute Gasteiger partial charge is 0.340 e. The Morgan fingerprint density at radius 1 is 1.55 bits per heavy atom. The summed E-state index contributed by atoms with van der Waals surface area (Å²) in [5.74, 6) is -0.174. The van der Waals surface area contributed by atoms with E-state index in [-0.39, 0.29) is 23.8 Å². The van der Waals surface area contributed by atoms with Crippen molar-refractivity contribution in [3.63, 3.8) is 0 Å². The van der Waals surface area contributed by atoms with E-state index in [1.54, 1.807) is 12.1 Å². The highest BCUT2D eigenvalue weighted by atomic mass is 79.9. The molecule has 0 unspecified atom stereocenters. The minimum absolute atomic E-state index is 0.0896. The number of piperidine rings is 1. The summed E-state index contributed by atoms with van der Waals surface area (Å²) < 4.78 is 14.4. The summed E-state index contributed by atoms with van der Waals surface area (Å²) >= 11 is 3.23. The summed E-state index contributed by atoms with van der Waals surface area (Å²) in [7, 11) is 0. The van der Waals surface area contributed by atoms with Gasteiger partial charge in [-0.15, -0.1) is 0 Å². The Labute approximate surface area is 127 Å². The number of hydrogen-bond acceptors (Lipinski definition) is 2. The number of carbonyl (C=O) groups is 1. The van der Waals surface area contributed by atoms with Crippen molar-refractivity contribution in [2.45, 2.75) is 44.7 Å². The quantitative estimate of drug-likeness (QED) is 0.917. The van der Waals surface area contributed by atoms with E-state index < -0.39 is 0 Å². The van der Waals surface area contributed by atoms with E-state index >= 15 is 0 Å². The number of amides is 1. The Hall–Kier alpha value is -0.940. The Bertz CT molecular complexity index is 495. The standard InChI is InChI=1S/C15H20BrFN2O/c1-10-8-13(18)6-7-19(10)15(20)5-3-11-2-4-12(16)9-14(11)17/h2,4,9-10,13H,3,5-8,18H2,1H3/t10-,13+/m1/s1. The lowest BCUT2D eigenvalue weighted by molar-refractivity contribution is -0.134. The lowest BCUT2D eigenvalue weighted by atomic mass is 9.98. The highest BCUT2D eigenvalue weighted by Gasteiger charge is 2.26. The molecule has 2 N–H and O–H groups in total. The minimum atomic E-state index is -0.263. The van der Waals surface area contributed by atoms with Gasteiger partial charge in [-0.2, -0.15) is 0 Å². The Morgan fingerprint density at radius 3 is 2.95 bits per heavy atom. The van der Waals surface area contributed by atoms with Crippen LogP contribution >= 0.6 is 15.9 Å². The Balaban J connectivity index is 1.92. The molecule has 1 aromatic rings. The molecule has 2 atom stereocenters. The van der Waals surface area contributed by atoms with Gasteiger partial charge in [-0.1, -0.05) is 22.0 Å². The van der Waals surface area contributed by atoms with Crippen molar-refractivity contribution >= 4 is 21.8 Å². The number of rotatable bonds is 3. The molecule has 5 heteroatoms. The average molecular weight is 343 g/mol. The van der Waals surface area contributed by atoms with E-state index in [2.05, 4.69) is 15.9 Å². The van der Waals surface area contributed by atoms with Crippen LogP contribution in [-0.2, 0) is 11.2 Å². The van der Waals surface area contributed by atoms with Gasteiger partial charge in [-0.3, -0.25) is 4.79 Å². The second-order valence-electron chi connectivity index (χ2n) is 5.46. The van der Waals surface area contributed by atoms with Gasteiger partial charge < -0.3 is 10.6 Å². The van der Waals surface area contributed by atoms with Gasteiger partial charge in [-0.05, 0) is 43.9 Å². The Kier molecular flexibility index (Phi) is 5.16. The molecule has 2 rings (SSSR count). The molecule has 0 saturated carbocycles. The zero-order valence-corrected chi connectivity index (χ0v) is 13.2. The third-order valence-electron chi connectivity index (χ3n) is 3.86. The zero-order valence-electron chi connectivity index (χ0n) is 11.6. The van der Waals surface area contributed by atoms with Crippen LogP contribution in [0.25, 0.3) is 0 Å². The molecular weight excluding hydrogens is 323 g/mol. The second kappa shape index (κ2) is 6.68. The second-order valence-corrected chi connectivity index (χ2v) is 6.37. The number of benzene rings is 1. The summed E-state index contributed by atoms with van der Waals surface area (Å²) in [6.07, 6.45) is 2.48. The van der Waals surface area contributed by atoms with Crippen LogP contribution in [0.2, 0.25) is 0 Å². The van der Waals surface area contributed by atoms with Gasteiger partial charge in [0.2, 0.25) is 5.91 Å². The maximum absolute atomic E-state index is 13.7. The first-order chi connectivity index (χ1) is 9.47.